The summed E-state index contributed by atoms with van der Waals surface area (Å²) in [6.07, 6.45) is 5.01. The number of hydrogen-bond acceptors (Lipinski definition) is 6. The summed E-state index contributed by atoms with van der Waals surface area (Å²) in [5.74, 6) is 1.68. The molecule has 0 aliphatic carbocycles. The van der Waals surface area contributed by atoms with Crippen LogP contribution in [-0.4, -0.2) is 18.3 Å². The monoisotopic (exact) mass is 423 g/mol. The van der Waals surface area contributed by atoms with Gasteiger partial charge in [-0.1, -0.05) is 26.8 Å². The molecule has 0 saturated heterocycles. The smallest absolute Gasteiger partial charge is 0.250 e. The minimum absolute atomic E-state index is 0.149. The molecule has 1 aromatic carbocycles. The number of hydrogen-bond donors (Lipinski definition) is 1. The van der Waals surface area contributed by atoms with Gasteiger partial charge < -0.3 is 14.2 Å². The summed E-state index contributed by atoms with van der Waals surface area (Å²) < 4.78 is 12.7. The summed E-state index contributed by atoms with van der Waals surface area (Å²) in [4.78, 5) is 9.99. The molecule has 0 unspecified atom stereocenters. The van der Waals surface area contributed by atoms with Gasteiger partial charge in [-0.25, -0.2) is 9.97 Å². The van der Waals surface area contributed by atoms with Gasteiger partial charge in [-0.15, -0.1) is 11.3 Å². The molecular weight excluding hydrogens is 398 g/mol. The van der Waals surface area contributed by atoms with Crippen molar-refractivity contribution < 1.29 is 8.84 Å². The van der Waals surface area contributed by atoms with Crippen molar-refractivity contribution in [1.29, 1.82) is 0 Å². The third kappa shape index (κ3) is 4.06. The summed E-state index contributed by atoms with van der Waals surface area (Å²) in [6.45, 7) is 11.2. The number of aromatic nitrogens is 2. The van der Waals surface area contributed by atoms with Crippen LogP contribution in [0.2, 0.25) is 18.1 Å². The lowest BCUT2D eigenvalue weighted by Gasteiger charge is -2.36. The van der Waals surface area contributed by atoms with E-state index in [1.807, 2.05) is 30.3 Å². The largest absolute Gasteiger partial charge is 0.543 e. The van der Waals surface area contributed by atoms with Crippen LogP contribution in [0.5, 0.6) is 5.75 Å². The Morgan fingerprint density at radius 2 is 1.93 bits per heavy atom. The maximum Gasteiger partial charge on any atom is 0.250 e. The number of furan rings is 1. The van der Waals surface area contributed by atoms with E-state index in [0.717, 1.165) is 37.9 Å². The molecule has 4 aromatic rings. The Labute approximate surface area is 175 Å². The van der Waals surface area contributed by atoms with E-state index in [1.54, 1.807) is 30.2 Å². The standard InChI is InChI=1S/C22H25N3O2SSi/c1-22(2,3)29(4,5)27-17-8-6-7-16(11-17)25-21-20-18(23-14-24-21)12-19(28-20)15-9-10-26-13-15/h6-14H,1-5H3,(H,23,24,25). The number of nitrogens with zero attached hydrogens (tertiary/aromatic N) is 2. The van der Waals surface area contributed by atoms with Gasteiger partial charge in [0.15, 0.2) is 5.82 Å². The molecule has 7 heteroatoms. The van der Waals surface area contributed by atoms with Gasteiger partial charge in [0.1, 0.15) is 12.1 Å². The predicted molar refractivity (Wildman–Crippen MR) is 123 cm³/mol. The van der Waals surface area contributed by atoms with Crippen molar-refractivity contribution in [3.05, 3.63) is 55.3 Å². The molecule has 3 heterocycles. The van der Waals surface area contributed by atoms with E-state index in [2.05, 4.69) is 55.2 Å². The van der Waals surface area contributed by atoms with Crippen LogP contribution in [0.4, 0.5) is 11.5 Å². The van der Waals surface area contributed by atoms with Crippen LogP contribution < -0.4 is 9.74 Å². The highest BCUT2D eigenvalue weighted by atomic mass is 32.1. The maximum atomic E-state index is 6.44. The van der Waals surface area contributed by atoms with Crippen LogP contribution in [0.15, 0.2) is 59.7 Å². The lowest BCUT2D eigenvalue weighted by molar-refractivity contribution is 0.492. The number of thiophene rings is 1. The fourth-order valence-electron chi connectivity index (χ4n) is 2.71. The molecule has 0 bridgehead atoms. The van der Waals surface area contributed by atoms with Crippen molar-refractivity contribution in [3.8, 4) is 16.2 Å². The van der Waals surface area contributed by atoms with Crippen molar-refractivity contribution in [3.63, 3.8) is 0 Å². The Balaban J connectivity index is 1.62. The number of fused-ring (bicyclic) bond motifs is 1. The van der Waals surface area contributed by atoms with Crippen molar-refractivity contribution in [1.82, 2.24) is 9.97 Å². The third-order valence-corrected chi connectivity index (χ3v) is 10.9. The minimum Gasteiger partial charge on any atom is -0.543 e. The zero-order valence-corrected chi connectivity index (χ0v) is 19.1. The van der Waals surface area contributed by atoms with Crippen molar-refractivity contribution in [2.45, 2.75) is 38.9 Å². The molecule has 1 N–H and O–H groups in total. The fourth-order valence-corrected chi connectivity index (χ4v) is 4.78. The van der Waals surface area contributed by atoms with Crippen molar-refractivity contribution >= 4 is 41.4 Å². The summed E-state index contributed by atoms with van der Waals surface area (Å²) in [6, 6.07) is 12.1. The highest BCUT2D eigenvalue weighted by Crippen LogP contribution is 2.39. The Hall–Kier alpha value is -2.64. The molecule has 0 amide bonds. The van der Waals surface area contributed by atoms with Crippen molar-refractivity contribution in [2.75, 3.05) is 5.32 Å². The Morgan fingerprint density at radius 1 is 1.10 bits per heavy atom. The van der Waals surface area contributed by atoms with Crippen LogP contribution in [-0.2, 0) is 0 Å². The molecular formula is C22H25N3O2SSi. The highest BCUT2D eigenvalue weighted by Gasteiger charge is 2.38. The highest BCUT2D eigenvalue weighted by molar-refractivity contribution is 7.22. The van der Waals surface area contributed by atoms with Crippen LogP contribution >= 0.6 is 11.3 Å². The first kappa shape index (κ1) is 19.7. The van der Waals surface area contributed by atoms with Gasteiger partial charge in [-0.2, -0.15) is 0 Å². The molecule has 150 valence electrons. The quantitative estimate of drug-likeness (QED) is 0.348. The first-order valence-corrected chi connectivity index (χ1v) is 13.3. The zero-order valence-electron chi connectivity index (χ0n) is 17.3. The minimum atomic E-state index is -1.89. The molecule has 3 aromatic heterocycles. The van der Waals surface area contributed by atoms with E-state index in [-0.39, 0.29) is 5.04 Å². The van der Waals surface area contributed by atoms with Gasteiger partial charge in [0.05, 0.1) is 22.7 Å². The average molecular weight is 424 g/mol. The predicted octanol–water partition coefficient (Wildman–Crippen LogP) is 7.08. The second kappa shape index (κ2) is 7.31. The summed E-state index contributed by atoms with van der Waals surface area (Å²) in [5, 5.41) is 3.59. The number of nitrogens with one attached hydrogen (secondary N) is 1. The Kier molecular flexibility index (Phi) is 4.96. The van der Waals surface area contributed by atoms with Crippen LogP contribution in [0.3, 0.4) is 0 Å². The van der Waals surface area contributed by atoms with Gasteiger partial charge in [-0.3, -0.25) is 0 Å². The fraction of sp³-hybridized carbons (Fsp3) is 0.273. The molecule has 0 fully saturated rings. The maximum absolute atomic E-state index is 6.44. The van der Waals surface area contributed by atoms with Crippen molar-refractivity contribution in [2.24, 2.45) is 0 Å². The lowest BCUT2D eigenvalue weighted by atomic mass is 10.2. The average Bonchev–Trinajstić information content (AvgIpc) is 3.30. The molecule has 0 saturated carbocycles. The molecule has 0 aliphatic rings. The number of rotatable bonds is 5. The van der Waals surface area contributed by atoms with E-state index >= 15 is 0 Å². The molecule has 0 radical (unpaired) electrons. The number of anilines is 2. The normalized spacial score (nSPS) is 12.3. The van der Waals surface area contributed by atoms with Gasteiger partial charge in [-0.05, 0) is 42.4 Å². The second-order valence-electron chi connectivity index (χ2n) is 8.57. The molecule has 29 heavy (non-hydrogen) atoms. The molecule has 0 spiro atoms. The molecule has 0 aliphatic heterocycles. The summed E-state index contributed by atoms with van der Waals surface area (Å²) in [7, 11) is -1.89. The van der Waals surface area contributed by atoms with Crippen LogP contribution in [0, 0.1) is 0 Å². The van der Waals surface area contributed by atoms with E-state index in [1.165, 1.54) is 0 Å². The van der Waals surface area contributed by atoms with Gasteiger partial charge >= 0.3 is 0 Å². The Morgan fingerprint density at radius 3 is 2.66 bits per heavy atom. The first-order valence-electron chi connectivity index (χ1n) is 9.56. The lowest BCUT2D eigenvalue weighted by Crippen LogP contribution is -2.43. The number of benzene rings is 1. The van der Waals surface area contributed by atoms with E-state index in [4.69, 9.17) is 8.84 Å². The SMILES string of the molecule is CC(C)(C)[Si](C)(C)Oc1cccc(Nc2ncnc3cc(-c4ccoc4)sc23)c1. The van der Waals surface area contributed by atoms with Gasteiger partial charge in [0, 0.05) is 22.2 Å². The molecule has 5 nitrogen and oxygen atoms in total. The topological polar surface area (TPSA) is 60.2 Å². The summed E-state index contributed by atoms with van der Waals surface area (Å²) in [5.41, 5.74) is 2.90. The molecule has 4 rings (SSSR count). The van der Waals surface area contributed by atoms with Gasteiger partial charge in [0.25, 0.3) is 0 Å². The van der Waals surface area contributed by atoms with E-state index in [9.17, 15) is 0 Å². The van der Waals surface area contributed by atoms with E-state index in [0.29, 0.717) is 0 Å². The first-order chi connectivity index (χ1) is 13.7. The third-order valence-electron chi connectivity index (χ3n) is 5.39. The van der Waals surface area contributed by atoms with Crippen LogP contribution in [0.1, 0.15) is 20.8 Å². The van der Waals surface area contributed by atoms with E-state index < -0.39 is 8.32 Å². The van der Waals surface area contributed by atoms with Crippen LogP contribution in [0.25, 0.3) is 20.7 Å². The summed E-state index contributed by atoms with van der Waals surface area (Å²) >= 11 is 1.65. The zero-order chi connectivity index (χ0) is 20.6. The second-order valence-corrected chi connectivity index (χ2v) is 14.4. The van der Waals surface area contributed by atoms with Gasteiger partial charge in [0.2, 0.25) is 8.32 Å². The Bertz CT molecular complexity index is 1130. The molecule has 0 atom stereocenters.